The van der Waals surface area contributed by atoms with Crippen LogP contribution in [0.2, 0.25) is 0 Å². The summed E-state index contributed by atoms with van der Waals surface area (Å²) in [6.07, 6.45) is 1.91. The summed E-state index contributed by atoms with van der Waals surface area (Å²) < 4.78 is 10.6. The van der Waals surface area contributed by atoms with Crippen molar-refractivity contribution in [2.75, 3.05) is 38.2 Å². The Morgan fingerprint density at radius 1 is 1.13 bits per heavy atom. The summed E-state index contributed by atoms with van der Waals surface area (Å²) >= 11 is 0. The average Bonchev–Trinajstić information content (AvgIpc) is 3.05. The van der Waals surface area contributed by atoms with E-state index in [1.165, 1.54) is 5.56 Å². The van der Waals surface area contributed by atoms with E-state index in [-0.39, 0.29) is 0 Å². The first-order valence-corrected chi connectivity index (χ1v) is 8.21. The molecule has 1 fully saturated rings. The highest BCUT2D eigenvalue weighted by molar-refractivity contribution is 5.28. The SMILES string of the molecule is CCCc1noc(N2CCN(Cc3ccc(OC)cc3)CC2)n1. The Labute approximate surface area is 137 Å². The standard InChI is InChI=1S/C17H24N4O2/c1-3-4-16-18-17(23-19-16)21-11-9-20(10-12-21)13-14-5-7-15(22-2)8-6-14/h5-8H,3-4,9-13H2,1-2H3. The first-order valence-electron chi connectivity index (χ1n) is 8.21. The van der Waals surface area contributed by atoms with Gasteiger partial charge in [0.1, 0.15) is 5.75 Å². The summed E-state index contributed by atoms with van der Waals surface area (Å²) in [4.78, 5) is 9.09. The number of hydrogen-bond donors (Lipinski definition) is 0. The highest BCUT2D eigenvalue weighted by Crippen LogP contribution is 2.17. The van der Waals surface area contributed by atoms with Crippen LogP contribution in [0.5, 0.6) is 5.75 Å². The molecular weight excluding hydrogens is 292 g/mol. The van der Waals surface area contributed by atoms with E-state index < -0.39 is 0 Å². The van der Waals surface area contributed by atoms with Crippen LogP contribution in [0.15, 0.2) is 28.8 Å². The molecule has 124 valence electrons. The number of hydrogen-bond acceptors (Lipinski definition) is 6. The molecule has 0 atom stereocenters. The Balaban J connectivity index is 1.51. The van der Waals surface area contributed by atoms with Gasteiger partial charge in [0.15, 0.2) is 5.82 Å². The highest BCUT2D eigenvalue weighted by Gasteiger charge is 2.21. The number of ether oxygens (including phenoxy) is 1. The fraction of sp³-hybridized carbons (Fsp3) is 0.529. The molecule has 0 N–H and O–H groups in total. The zero-order valence-corrected chi connectivity index (χ0v) is 13.9. The monoisotopic (exact) mass is 316 g/mol. The molecule has 6 heteroatoms. The van der Waals surface area contributed by atoms with Crippen molar-refractivity contribution in [2.24, 2.45) is 0 Å². The van der Waals surface area contributed by atoms with E-state index in [2.05, 4.69) is 39.0 Å². The fourth-order valence-corrected chi connectivity index (χ4v) is 2.78. The number of benzene rings is 1. The molecule has 2 heterocycles. The summed E-state index contributed by atoms with van der Waals surface area (Å²) in [7, 11) is 1.69. The summed E-state index contributed by atoms with van der Waals surface area (Å²) in [5, 5.41) is 4.03. The van der Waals surface area contributed by atoms with Crippen molar-refractivity contribution in [3.05, 3.63) is 35.7 Å². The molecule has 0 saturated carbocycles. The van der Waals surface area contributed by atoms with Crippen molar-refractivity contribution in [2.45, 2.75) is 26.3 Å². The topological polar surface area (TPSA) is 54.6 Å². The van der Waals surface area contributed by atoms with Gasteiger partial charge in [0.05, 0.1) is 7.11 Å². The van der Waals surface area contributed by atoms with E-state index in [4.69, 9.17) is 9.26 Å². The molecule has 6 nitrogen and oxygen atoms in total. The summed E-state index contributed by atoms with van der Waals surface area (Å²) in [5.74, 6) is 1.71. The predicted molar refractivity (Wildman–Crippen MR) is 88.8 cm³/mol. The third-order valence-electron chi connectivity index (χ3n) is 4.14. The fourth-order valence-electron chi connectivity index (χ4n) is 2.78. The molecule has 1 aromatic carbocycles. The van der Waals surface area contributed by atoms with E-state index >= 15 is 0 Å². The smallest absolute Gasteiger partial charge is 0.324 e. The van der Waals surface area contributed by atoms with Crippen LogP contribution in [0.3, 0.4) is 0 Å². The second kappa shape index (κ2) is 7.46. The lowest BCUT2D eigenvalue weighted by atomic mass is 10.2. The van der Waals surface area contributed by atoms with Gasteiger partial charge in [-0.2, -0.15) is 4.98 Å². The third-order valence-corrected chi connectivity index (χ3v) is 4.14. The van der Waals surface area contributed by atoms with Gasteiger partial charge >= 0.3 is 6.01 Å². The number of piperazine rings is 1. The molecule has 0 bridgehead atoms. The molecule has 0 radical (unpaired) electrons. The van der Waals surface area contributed by atoms with E-state index in [0.717, 1.165) is 57.1 Å². The number of anilines is 1. The lowest BCUT2D eigenvalue weighted by Crippen LogP contribution is -2.46. The lowest BCUT2D eigenvalue weighted by Gasteiger charge is -2.33. The van der Waals surface area contributed by atoms with Gasteiger partial charge in [0.25, 0.3) is 0 Å². The first kappa shape index (κ1) is 15.8. The quantitative estimate of drug-likeness (QED) is 0.815. The Bertz CT molecular complexity index is 603. The molecule has 1 saturated heterocycles. The van der Waals surface area contributed by atoms with Crippen molar-refractivity contribution >= 4 is 6.01 Å². The van der Waals surface area contributed by atoms with Crippen molar-refractivity contribution in [1.29, 1.82) is 0 Å². The van der Waals surface area contributed by atoms with Crippen LogP contribution in [0.1, 0.15) is 24.7 Å². The lowest BCUT2D eigenvalue weighted by molar-refractivity contribution is 0.242. The van der Waals surface area contributed by atoms with E-state index in [1.54, 1.807) is 7.11 Å². The van der Waals surface area contributed by atoms with Crippen LogP contribution >= 0.6 is 0 Å². The molecule has 0 amide bonds. The number of nitrogens with zero attached hydrogens (tertiary/aromatic N) is 4. The van der Waals surface area contributed by atoms with Gasteiger partial charge in [-0.05, 0) is 24.1 Å². The Hall–Kier alpha value is -2.08. The van der Waals surface area contributed by atoms with E-state index in [9.17, 15) is 0 Å². The molecule has 1 aromatic heterocycles. The maximum atomic E-state index is 5.37. The van der Waals surface area contributed by atoms with Crippen LogP contribution < -0.4 is 9.64 Å². The maximum absolute atomic E-state index is 5.37. The van der Waals surface area contributed by atoms with Crippen LogP contribution in [-0.4, -0.2) is 48.3 Å². The summed E-state index contributed by atoms with van der Waals surface area (Å²) in [6.45, 7) is 6.92. The summed E-state index contributed by atoms with van der Waals surface area (Å²) in [6, 6.07) is 8.94. The van der Waals surface area contributed by atoms with Gasteiger partial charge in [-0.3, -0.25) is 4.90 Å². The second-order valence-corrected chi connectivity index (χ2v) is 5.85. The van der Waals surface area contributed by atoms with Crippen LogP contribution in [-0.2, 0) is 13.0 Å². The van der Waals surface area contributed by atoms with Gasteiger partial charge in [-0.1, -0.05) is 24.2 Å². The minimum Gasteiger partial charge on any atom is -0.497 e. The Morgan fingerprint density at radius 3 is 2.52 bits per heavy atom. The van der Waals surface area contributed by atoms with E-state index in [1.807, 2.05) is 12.1 Å². The predicted octanol–water partition coefficient (Wildman–Crippen LogP) is 2.35. The largest absolute Gasteiger partial charge is 0.497 e. The number of aryl methyl sites for hydroxylation is 1. The number of methoxy groups -OCH3 is 1. The summed E-state index contributed by atoms with van der Waals surface area (Å²) in [5.41, 5.74) is 1.31. The van der Waals surface area contributed by atoms with Crippen LogP contribution in [0.25, 0.3) is 0 Å². The molecule has 2 aromatic rings. The zero-order chi connectivity index (χ0) is 16.1. The van der Waals surface area contributed by atoms with Crippen molar-refractivity contribution in [3.63, 3.8) is 0 Å². The zero-order valence-electron chi connectivity index (χ0n) is 13.9. The first-order chi connectivity index (χ1) is 11.3. The van der Waals surface area contributed by atoms with Crippen molar-refractivity contribution in [3.8, 4) is 5.75 Å². The molecule has 3 rings (SSSR count). The van der Waals surface area contributed by atoms with Crippen LogP contribution in [0, 0.1) is 0 Å². The third kappa shape index (κ3) is 4.01. The molecule has 0 unspecified atom stereocenters. The van der Waals surface area contributed by atoms with Gasteiger partial charge < -0.3 is 14.2 Å². The average molecular weight is 316 g/mol. The molecular formula is C17H24N4O2. The molecule has 0 spiro atoms. The van der Waals surface area contributed by atoms with Gasteiger partial charge in [0, 0.05) is 39.1 Å². The van der Waals surface area contributed by atoms with Gasteiger partial charge in [-0.25, -0.2) is 0 Å². The minimum absolute atomic E-state index is 0.664. The van der Waals surface area contributed by atoms with Gasteiger partial charge in [0.2, 0.25) is 0 Å². The van der Waals surface area contributed by atoms with Gasteiger partial charge in [-0.15, -0.1) is 0 Å². The normalized spacial score (nSPS) is 15.8. The molecule has 1 aliphatic heterocycles. The maximum Gasteiger partial charge on any atom is 0.324 e. The number of aromatic nitrogens is 2. The molecule has 1 aliphatic rings. The minimum atomic E-state index is 0.664. The molecule has 0 aliphatic carbocycles. The van der Waals surface area contributed by atoms with Crippen molar-refractivity contribution in [1.82, 2.24) is 15.0 Å². The van der Waals surface area contributed by atoms with E-state index in [0.29, 0.717) is 6.01 Å². The second-order valence-electron chi connectivity index (χ2n) is 5.85. The van der Waals surface area contributed by atoms with Crippen molar-refractivity contribution < 1.29 is 9.26 Å². The highest BCUT2D eigenvalue weighted by atomic mass is 16.5. The molecule has 23 heavy (non-hydrogen) atoms. The van der Waals surface area contributed by atoms with Crippen LogP contribution in [0.4, 0.5) is 6.01 Å². The Kier molecular flexibility index (Phi) is 5.12. The number of rotatable bonds is 6. The Morgan fingerprint density at radius 2 is 1.87 bits per heavy atom.